The zero-order valence-electron chi connectivity index (χ0n) is 10.7. The number of anilines is 1. The van der Waals surface area contributed by atoms with Gasteiger partial charge >= 0.3 is 0 Å². The van der Waals surface area contributed by atoms with Crippen LogP contribution in [-0.2, 0) is 10.0 Å². The maximum atomic E-state index is 12.4. The van der Waals surface area contributed by atoms with E-state index in [1.165, 1.54) is 17.4 Å². The molecule has 0 aliphatic rings. The fourth-order valence-electron chi connectivity index (χ4n) is 1.58. The zero-order chi connectivity index (χ0) is 14.1. The Labute approximate surface area is 117 Å². The summed E-state index contributed by atoms with van der Waals surface area (Å²) >= 11 is 3.28. The number of benzene rings is 1. The van der Waals surface area contributed by atoms with Crippen LogP contribution in [0.15, 0.2) is 33.7 Å². The van der Waals surface area contributed by atoms with Crippen molar-refractivity contribution < 1.29 is 8.42 Å². The van der Waals surface area contributed by atoms with Crippen LogP contribution in [0.5, 0.6) is 0 Å². The molecule has 0 bridgehead atoms. The summed E-state index contributed by atoms with van der Waals surface area (Å²) in [6.07, 6.45) is 0. The highest BCUT2D eigenvalue weighted by atomic mass is 79.9. The summed E-state index contributed by atoms with van der Waals surface area (Å²) in [4.78, 5) is 0.229. The number of rotatable bonds is 4. The highest BCUT2D eigenvalue weighted by Gasteiger charge is 2.23. The molecule has 0 amide bonds. The second-order valence-electron chi connectivity index (χ2n) is 4.36. The van der Waals surface area contributed by atoms with E-state index in [2.05, 4.69) is 22.5 Å². The Morgan fingerprint density at radius 2 is 2.06 bits per heavy atom. The van der Waals surface area contributed by atoms with Gasteiger partial charge in [-0.05, 0) is 47.5 Å². The van der Waals surface area contributed by atoms with Gasteiger partial charge in [-0.15, -0.1) is 0 Å². The molecule has 1 aromatic carbocycles. The molecule has 4 nitrogen and oxygen atoms in total. The number of aryl methyl sites for hydroxylation is 1. The molecule has 0 radical (unpaired) electrons. The van der Waals surface area contributed by atoms with Gasteiger partial charge < -0.3 is 5.73 Å². The molecule has 6 heteroatoms. The Balaban J connectivity index is 3.29. The second kappa shape index (κ2) is 5.42. The summed E-state index contributed by atoms with van der Waals surface area (Å²) in [6.45, 7) is 7.54. The van der Waals surface area contributed by atoms with Crippen LogP contribution in [-0.4, -0.2) is 26.3 Å². The van der Waals surface area contributed by atoms with Crippen molar-refractivity contribution in [3.8, 4) is 0 Å². The van der Waals surface area contributed by atoms with Gasteiger partial charge in [-0.3, -0.25) is 0 Å². The lowest BCUT2D eigenvalue weighted by Gasteiger charge is -2.19. The minimum atomic E-state index is -3.53. The van der Waals surface area contributed by atoms with E-state index < -0.39 is 10.0 Å². The van der Waals surface area contributed by atoms with E-state index >= 15 is 0 Å². The van der Waals surface area contributed by atoms with Crippen LogP contribution in [0.2, 0.25) is 0 Å². The summed E-state index contributed by atoms with van der Waals surface area (Å²) in [7, 11) is -2.00. The normalized spacial score (nSPS) is 11.8. The molecule has 0 atom stereocenters. The number of nitrogens with two attached hydrogens (primary N) is 1. The van der Waals surface area contributed by atoms with Gasteiger partial charge in [0.05, 0.1) is 4.90 Å². The van der Waals surface area contributed by atoms with Gasteiger partial charge in [0.15, 0.2) is 0 Å². The molecule has 0 spiro atoms. The maximum Gasteiger partial charge on any atom is 0.243 e. The average molecular weight is 333 g/mol. The van der Waals surface area contributed by atoms with Crippen molar-refractivity contribution in [3.05, 3.63) is 34.3 Å². The second-order valence-corrected chi connectivity index (χ2v) is 7.23. The molecule has 0 unspecified atom stereocenters. The van der Waals surface area contributed by atoms with Crippen LogP contribution < -0.4 is 5.73 Å². The van der Waals surface area contributed by atoms with Crippen molar-refractivity contribution in [2.75, 3.05) is 19.3 Å². The van der Waals surface area contributed by atoms with Crippen molar-refractivity contribution in [2.24, 2.45) is 0 Å². The monoisotopic (exact) mass is 332 g/mol. The van der Waals surface area contributed by atoms with Crippen molar-refractivity contribution in [1.29, 1.82) is 0 Å². The van der Waals surface area contributed by atoms with Gasteiger partial charge in [0.25, 0.3) is 0 Å². The van der Waals surface area contributed by atoms with E-state index in [1.54, 1.807) is 19.9 Å². The maximum absolute atomic E-state index is 12.4. The third-order valence-electron chi connectivity index (χ3n) is 2.48. The van der Waals surface area contributed by atoms with E-state index in [-0.39, 0.29) is 11.4 Å². The third kappa shape index (κ3) is 3.13. The summed E-state index contributed by atoms with van der Waals surface area (Å²) in [5.74, 6) is 0. The molecule has 1 aromatic rings. The van der Waals surface area contributed by atoms with Gasteiger partial charge in [0.1, 0.15) is 0 Å². The van der Waals surface area contributed by atoms with E-state index in [0.717, 1.165) is 5.57 Å². The van der Waals surface area contributed by atoms with Crippen LogP contribution in [0.3, 0.4) is 0 Å². The minimum absolute atomic E-state index is 0.229. The van der Waals surface area contributed by atoms with Crippen molar-refractivity contribution in [2.45, 2.75) is 18.7 Å². The molecule has 0 aromatic heterocycles. The lowest BCUT2D eigenvalue weighted by Crippen LogP contribution is -2.29. The van der Waals surface area contributed by atoms with Gasteiger partial charge in [-0.1, -0.05) is 12.2 Å². The molecule has 100 valence electrons. The number of halogens is 1. The van der Waals surface area contributed by atoms with Crippen molar-refractivity contribution >= 4 is 31.6 Å². The highest BCUT2D eigenvalue weighted by Crippen LogP contribution is 2.28. The molecule has 1 rings (SSSR count). The smallest absolute Gasteiger partial charge is 0.243 e. The number of hydrogen-bond donors (Lipinski definition) is 1. The van der Waals surface area contributed by atoms with Gasteiger partial charge in [0, 0.05) is 23.8 Å². The van der Waals surface area contributed by atoms with Crippen LogP contribution in [0.1, 0.15) is 12.5 Å². The predicted octanol–water partition coefficient (Wildman–Crippen LogP) is 2.54. The number of likely N-dealkylation sites (N-methyl/N-ethyl adjacent to an activating group) is 1. The molecule has 0 fully saturated rings. The van der Waals surface area contributed by atoms with Crippen LogP contribution in [0, 0.1) is 6.92 Å². The van der Waals surface area contributed by atoms with Gasteiger partial charge in [-0.2, -0.15) is 4.31 Å². The van der Waals surface area contributed by atoms with E-state index in [0.29, 0.717) is 15.7 Å². The Bertz CT molecular complexity index is 582. The Morgan fingerprint density at radius 3 is 2.56 bits per heavy atom. The fourth-order valence-corrected chi connectivity index (χ4v) is 3.51. The molecule has 0 saturated carbocycles. The molecular weight excluding hydrogens is 316 g/mol. The first-order chi connectivity index (χ1) is 8.16. The average Bonchev–Trinajstić information content (AvgIpc) is 2.22. The number of sulfonamides is 1. The van der Waals surface area contributed by atoms with Gasteiger partial charge in [0.2, 0.25) is 10.0 Å². The largest absolute Gasteiger partial charge is 0.398 e. The molecule has 0 heterocycles. The molecule has 2 N–H and O–H groups in total. The lowest BCUT2D eigenvalue weighted by molar-refractivity contribution is 0.492. The van der Waals surface area contributed by atoms with E-state index in [9.17, 15) is 8.42 Å². The Morgan fingerprint density at radius 1 is 1.50 bits per heavy atom. The fraction of sp³-hybridized carbons (Fsp3) is 0.333. The van der Waals surface area contributed by atoms with Gasteiger partial charge in [-0.25, -0.2) is 8.42 Å². The summed E-state index contributed by atoms with van der Waals surface area (Å²) in [5, 5.41) is 0. The molecule has 0 aliphatic heterocycles. The predicted molar refractivity (Wildman–Crippen MR) is 77.9 cm³/mol. The van der Waals surface area contributed by atoms with Crippen LogP contribution in [0.4, 0.5) is 5.69 Å². The Hall–Kier alpha value is -0.850. The molecule has 18 heavy (non-hydrogen) atoms. The van der Waals surface area contributed by atoms with E-state index in [1.807, 2.05) is 0 Å². The summed E-state index contributed by atoms with van der Waals surface area (Å²) in [6, 6.07) is 3.18. The standard InChI is InChI=1S/C12H17BrN2O2S/c1-8(2)7-15(4)18(16,17)12-6-11(14)10(13)5-9(12)3/h5-6H,1,7,14H2,2-4H3. The zero-order valence-corrected chi connectivity index (χ0v) is 13.1. The summed E-state index contributed by atoms with van der Waals surface area (Å²) in [5.41, 5.74) is 7.58. The third-order valence-corrected chi connectivity index (χ3v) is 5.11. The first kappa shape index (κ1) is 15.2. The van der Waals surface area contributed by atoms with E-state index in [4.69, 9.17) is 5.73 Å². The van der Waals surface area contributed by atoms with Crippen molar-refractivity contribution in [3.63, 3.8) is 0 Å². The first-order valence-corrected chi connectivity index (χ1v) is 7.56. The van der Waals surface area contributed by atoms with Crippen LogP contribution in [0.25, 0.3) is 0 Å². The Kier molecular flexibility index (Phi) is 4.58. The highest BCUT2D eigenvalue weighted by molar-refractivity contribution is 9.10. The quantitative estimate of drug-likeness (QED) is 0.680. The van der Waals surface area contributed by atoms with Crippen LogP contribution >= 0.6 is 15.9 Å². The summed E-state index contributed by atoms with van der Waals surface area (Å²) < 4.78 is 26.7. The van der Waals surface area contributed by atoms with Crippen molar-refractivity contribution in [1.82, 2.24) is 4.31 Å². The topological polar surface area (TPSA) is 63.4 Å². The number of hydrogen-bond acceptors (Lipinski definition) is 3. The molecule has 0 saturated heterocycles. The number of nitrogen functional groups attached to an aromatic ring is 1. The molecular formula is C12H17BrN2O2S. The lowest BCUT2D eigenvalue weighted by atomic mass is 10.2. The SMILES string of the molecule is C=C(C)CN(C)S(=O)(=O)c1cc(N)c(Br)cc1C. The minimum Gasteiger partial charge on any atom is -0.398 e. The first-order valence-electron chi connectivity index (χ1n) is 5.32. The number of nitrogens with zero attached hydrogens (tertiary/aromatic N) is 1. The molecule has 0 aliphatic carbocycles.